The monoisotopic (exact) mass is 429 g/mol. The fraction of sp³-hybridized carbons (Fsp3) is 0.318. The lowest BCUT2D eigenvalue weighted by molar-refractivity contribution is -0.153. The quantitative estimate of drug-likeness (QED) is 0.486. The fourth-order valence-electron chi connectivity index (χ4n) is 3.04. The number of rotatable bonds is 9. The fourth-order valence-corrected chi connectivity index (χ4v) is 3.92. The zero-order chi connectivity index (χ0) is 21.5. The molecule has 2 aromatic carbocycles. The standard InChI is InChI=1S/C22H23NO6S/c1-3-28-18(21(25)27-2)14-15-8-10-16(11-9-15)29-13-12-23-20(24)17-6-4-5-7-19(17)30-22(23)26/h4-11,18H,3,12-14H2,1-2H3. The molecule has 0 N–H and O–H groups in total. The van der Waals surface area contributed by atoms with Gasteiger partial charge in [0.2, 0.25) is 0 Å². The van der Waals surface area contributed by atoms with Crippen LogP contribution in [0.5, 0.6) is 5.75 Å². The zero-order valence-corrected chi connectivity index (χ0v) is 17.6. The number of nitrogens with zero attached hydrogens (tertiary/aromatic N) is 1. The molecule has 0 aliphatic carbocycles. The molecule has 0 aliphatic rings. The van der Waals surface area contributed by atoms with Crippen molar-refractivity contribution in [2.75, 3.05) is 20.3 Å². The van der Waals surface area contributed by atoms with Crippen molar-refractivity contribution in [2.24, 2.45) is 0 Å². The number of carbonyl (C=O) groups excluding carboxylic acids is 1. The third-order valence-electron chi connectivity index (χ3n) is 4.54. The van der Waals surface area contributed by atoms with E-state index in [-0.39, 0.29) is 23.6 Å². The van der Waals surface area contributed by atoms with E-state index in [1.165, 1.54) is 11.7 Å². The van der Waals surface area contributed by atoms with Crippen LogP contribution >= 0.6 is 11.3 Å². The number of fused-ring (bicyclic) bond motifs is 1. The van der Waals surface area contributed by atoms with Gasteiger partial charge >= 0.3 is 10.8 Å². The minimum absolute atomic E-state index is 0.162. The number of ether oxygens (including phenoxy) is 3. The molecular formula is C22H23NO6S. The zero-order valence-electron chi connectivity index (χ0n) is 16.8. The molecule has 0 amide bonds. The Morgan fingerprint density at radius 2 is 1.83 bits per heavy atom. The molecule has 0 aliphatic heterocycles. The Labute approximate surface area is 177 Å². The van der Waals surface area contributed by atoms with Crippen LogP contribution in [0.15, 0.2) is 58.1 Å². The Kier molecular flexibility index (Phi) is 7.37. The third-order valence-corrected chi connectivity index (χ3v) is 5.51. The normalized spacial score (nSPS) is 11.9. The number of hydrogen-bond acceptors (Lipinski definition) is 7. The Morgan fingerprint density at radius 1 is 1.10 bits per heavy atom. The van der Waals surface area contributed by atoms with Crippen LogP contribution in [-0.2, 0) is 27.2 Å². The molecule has 1 aromatic heterocycles. The van der Waals surface area contributed by atoms with E-state index in [2.05, 4.69) is 0 Å². The molecule has 30 heavy (non-hydrogen) atoms. The second kappa shape index (κ2) is 10.2. The van der Waals surface area contributed by atoms with Crippen molar-refractivity contribution in [1.29, 1.82) is 0 Å². The topological polar surface area (TPSA) is 83.8 Å². The lowest BCUT2D eigenvalue weighted by atomic mass is 10.1. The summed E-state index contributed by atoms with van der Waals surface area (Å²) in [7, 11) is 1.33. The van der Waals surface area contributed by atoms with Crippen molar-refractivity contribution in [3.63, 3.8) is 0 Å². The van der Waals surface area contributed by atoms with Crippen molar-refractivity contribution in [1.82, 2.24) is 4.57 Å². The first-order valence-corrected chi connectivity index (χ1v) is 10.4. The molecule has 0 fully saturated rings. The maximum Gasteiger partial charge on any atom is 0.335 e. The van der Waals surface area contributed by atoms with Gasteiger partial charge in [0.05, 0.1) is 19.0 Å². The van der Waals surface area contributed by atoms with E-state index in [1.54, 1.807) is 36.4 Å². The van der Waals surface area contributed by atoms with Gasteiger partial charge in [-0.2, -0.15) is 0 Å². The largest absolute Gasteiger partial charge is 0.492 e. The SMILES string of the molecule is CCOC(Cc1ccc(OCCn2c(=O)sc3ccccc3c2=O)cc1)C(=O)OC. The van der Waals surface area contributed by atoms with Gasteiger partial charge in [-0.15, -0.1) is 0 Å². The van der Waals surface area contributed by atoms with Crippen molar-refractivity contribution in [2.45, 2.75) is 26.0 Å². The van der Waals surface area contributed by atoms with E-state index < -0.39 is 12.1 Å². The highest BCUT2D eigenvalue weighted by Crippen LogP contribution is 2.15. The molecule has 0 bridgehead atoms. The maximum atomic E-state index is 12.5. The molecule has 0 spiro atoms. The summed E-state index contributed by atoms with van der Waals surface area (Å²) in [5, 5.41) is 0.529. The minimum atomic E-state index is -0.650. The highest BCUT2D eigenvalue weighted by atomic mass is 32.1. The van der Waals surface area contributed by atoms with E-state index in [0.717, 1.165) is 16.9 Å². The number of hydrogen-bond donors (Lipinski definition) is 0. The van der Waals surface area contributed by atoms with E-state index >= 15 is 0 Å². The summed E-state index contributed by atoms with van der Waals surface area (Å²) in [6, 6.07) is 14.3. The van der Waals surface area contributed by atoms with Crippen LogP contribution in [0.4, 0.5) is 0 Å². The summed E-state index contributed by atoms with van der Waals surface area (Å²) in [6.07, 6.45) is -0.253. The van der Waals surface area contributed by atoms with Gasteiger partial charge in [-0.1, -0.05) is 35.6 Å². The van der Waals surface area contributed by atoms with Gasteiger partial charge in [-0.05, 0) is 36.8 Å². The van der Waals surface area contributed by atoms with Crippen LogP contribution in [0.3, 0.4) is 0 Å². The van der Waals surface area contributed by atoms with Crippen molar-refractivity contribution in [3.8, 4) is 5.75 Å². The summed E-state index contributed by atoms with van der Waals surface area (Å²) in [5.74, 6) is 0.197. The Morgan fingerprint density at radius 3 is 2.53 bits per heavy atom. The molecule has 8 heteroatoms. The molecule has 0 saturated heterocycles. The van der Waals surface area contributed by atoms with Crippen LogP contribution in [-0.4, -0.2) is 37.0 Å². The number of methoxy groups -OCH3 is 1. The molecule has 1 unspecified atom stereocenters. The summed E-state index contributed by atoms with van der Waals surface area (Å²) < 4.78 is 17.8. The van der Waals surface area contributed by atoms with Gasteiger partial charge < -0.3 is 14.2 Å². The summed E-state index contributed by atoms with van der Waals surface area (Å²) in [5.41, 5.74) is 0.596. The van der Waals surface area contributed by atoms with Crippen LogP contribution in [0.25, 0.3) is 10.1 Å². The molecule has 3 aromatic rings. The first kappa shape index (κ1) is 21.7. The summed E-state index contributed by atoms with van der Waals surface area (Å²) in [4.78, 5) is 36.2. The van der Waals surface area contributed by atoms with E-state index in [0.29, 0.717) is 28.9 Å². The lowest BCUT2D eigenvalue weighted by Gasteiger charge is -2.15. The van der Waals surface area contributed by atoms with Gasteiger partial charge in [0.25, 0.3) is 5.56 Å². The number of carbonyl (C=O) groups is 1. The summed E-state index contributed by atoms with van der Waals surface area (Å²) >= 11 is 1.05. The van der Waals surface area contributed by atoms with Crippen LogP contribution in [0, 0.1) is 0 Å². The minimum Gasteiger partial charge on any atom is -0.492 e. The Bertz CT molecular complexity index is 1120. The molecule has 0 radical (unpaired) electrons. The van der Waals surface area contributed by atoms with Crippen LogP contribution < -0.4 is 15.2 Å². The molecule has 0 saturated carbocycles. The van der Waals surface area contributed by atoms with Crippen molar-refractivity contribution < 1.29 is 19.0 Å². The second-order valence-electron chi connectivity index (χ2n) is 6.48. The number of aromatic nitrogens is 1. The first-order valence-electron chi connectivity index (χ1n) is 9.57. The Balaban J connectivity index is 1.62. The van der Waals surface area contributed by atoms with Gasteiger partial charge in [0.15, 0.2) is 6.10 Å². The molecule has 1 heterocycles. The van der Waals surface area contributed by atoms with E-state index in [9.17, 15) is 14.4 Å². The highest BCUT2D eigenvalue weighted by Gasteiger charge is 2.19. The van der Waals surface area contributed by atoms with Crippen LogP contribution in [0.1, 0.15) is 12.5 Å². The molecule has 3 rings (SSSR count). The molecular weight excluding hydrogens is 406 g/mol. The average molecular weight is 429 g/mol. The Hall–Kier alpha value is -2.97. The first-order chi connectivity index (χ1) is 14.5. The predicted octanol–water partition coefficient (Wildman–Crippen LogP) is 2.62. The third kappa shape index (κ3) is 5.14. The smallest absolute Gasteiger partial charge is 0.335 e. The second-order valence-corrected chi connectivity index (χ2v) is 7.48. The van der Waals surface area contributed by atoms with Crippen molar-refractivity contribution in [3.05, 3.63) is 74.1 Å². The van der Waals surface area contributed by atoms with Gasteiger partial charge in [-0.3, -0.25) is 14.2 Å². The number of esters is 1. The van der Waals surface area contributed by atoms with Gasteiger partial charge in [0, 0.05) is 17.7 Å². The lowest BCUT2D eigenvalue weighted by Crippen LogP contribution is -2.32. The average Bonchev–Trinajstić information content (AvgIpc) is 2.76. The number of benzene rings is 2. The van der Waals surface area contributed by atoms with Crippen molar-refractivity contribution >= 4 is 27.4 Å². The highest BCUT2D eigenvalue weighted by molar-refractivity contribution is 7.16. The summed E-state index contributed by atoms with van der Waals surface area (Å²) in [6.45, 7) is 2.58. The van der Waals surface area contributed by atoms with Crippen LogP contribution in [0.2, 0.25) is 0 Å². The van der Waals surface area contributed by atoms with Gasteiger partial charge in [-0.25, -0.2) is 4.79 Å². The molecule has 7 nitrogen and oxygen atoms in total. The molecule has 158 valence electrons. The van der Waals surface area contributed by atoms with E-state index in [4.69, 9.17) is 14.2 Å². The predicted molar refractivity (Wildman–Crippen MR) is 115 cm³/mol. The maximum absolute atomic E-state index is 12.5. The van der Waals surface area contributed by atoms with E-state index in [1.807, 2.05) is 19.1 Å². The molecule has 1 atom stereocenters. The van der Waals surface area contributed by atoms with Gasteiger partial charge in [0.1, 0.15) is 12.4 Å².